The standard InChI is InChI=1S/C12H17N3O3S/c1-14-12(16)10-6-4-8-15(10)19(17,18)11-7-3-2-5-9(11)13/h2-3,5,7,10H,4,6,8,13H2,1H3,(H,14,16). The van der Waals surface area contributed by atoms with Crippen LogP contribution in [0.1, 0.15) is 12.8 Å². The van der Waals surface area contributed by atoms with Gasteiger partial charge in [-0.25, -0.2) is 8.42 Å². The van der Waals surface area contributed by atoms with Gasteiger partial charge in [-0.1, -0.05) is 12.1 Å². The Kier molecular flexibility index (Phi) is 3.77. The highest BCUT2D eigenvalue weighted by molar-refractivity contribution is 7.89. The first-order valence-corrected chi connectivity index (χ1v) is 7.50. The monoisotopic (exact) mass is 283 g/mol. The van der Waals surface area contributed by atoms with Gasteiger partial charge in [0.25, 0.3) is 0 Å². The highest BCUT2D eigenvalue weighted by atomic mass is 32.2. The van der Waals surface area contributed by atoms with E-state index >= 15 is 0 Å². The van der Waals surface area contributed by atoms with Crippen LogP contribution in [-0.2, 0) is 14.8 Å². The van der Waals surface area contributed by atoms with Gasteiger partial charge in [0.05, 0.1) is 5.69 Å². The summed E-state index contributed by atoms with van der Waals surface area (Å²) in [6.45, 7) is 0.342. The molecular weight excluding hydrogens is 266 g/mol. The Hall–Kier alpha value is -1.60. The zero-order valence-electron chi connectivity index (χ0n) is 10.7. The Balaban J connectivity index is 2.40. The Morgan fingerprint density at radius 1 is 1.42 bits per heavy atom. The Morgan fingerprint density at radius 3 is 2.74 bits per heavy atom. The number of nitrogens with one attached hydrogen (secondary N) is 1. The molecule has 1 atom stereocenters. The summed E-state index contributed by atoms with van der Waals surface area (Å²) in [5, 5.41) is 2.50. The van der Waals surface area contributed by atoms with Crippen molar-refractivity contribution < 1.29 is 13.2 Å². The van der Waals surface area contributed by atoms with Gasteiger partial charge in [-0.3, -0.25) is 4.79 Å². The predicted octanol–water partition coefficient (Wildman–Crippen LogP) is 0.168. The molecule has 2 rings (SSSR count). The fourth-order valence-electron chi connectivity index (χ4n) is 2.30. The zero-order chi connectivity index (χ0) is 14.0. The van der Waals surface area contributed by atoms with Gasteiger partial charge < -0.3 is 11.1 Å². The minimum absolute atomic E-state index is 0.0609. The van der Waals surface area contributed by atoms with Crippen molar-refractivity contribution in [3.05, 3.63) is 24.3 Å². The average molecular weight is 283 g/mol. The van der Waals surface area contributed by atoms with E-state index in [1.807, 2.05) is 0 Å². The molecule has 1 amide bonds. The van der Waals surface area contributed by atoms with Crippen molar-refractivity contribution in [1.82, 2.24) is 9.62 Å². The number of nitrogen functional groups attached to an aromatic ring is 1. The number of carbonyl (C=O) groups is 1. The van der Waals surface area contributed by atoms with E-state index in [0.29, 0.717) is 19.4 Å². The van der Waals surface area contributed by atoms with Crippen molar-refractivity contribution >= 4 is 21.6 Å². The molecular formula is C12H17N3O3S. The third kappa shape index (κ3) is 2.43. The van der Waals surface area contributed by atoms with Crippen molar-refractivity contribution in [3.63, 3.8) is 0 Å². The van der Waals surface area contributed by atoms with Crippen molar-refractivity contribution in [2.24, 2.45) is 0 Å². The fraction of sp³-hybridized carbons (Fsp3) is 0.417. The third-order valence-electron chi connectivity index (χ3n) is 3.26. The highest BCUT2D eigenvalue weighted by Crippen LogP contribution is 2.28. The molecule has 1 saturated heterocycles. The van der Waals surface area contributed by atoms with Crippen LogP contribution in [0.25, 0.3) is 0 Å². The largest absolute Gasteiger partial charge is 0.398 e. The number of hydrogen-bond donors (Lipinski definition) is 2. The molecule has 0 spiro atoms. The average Bonchev–Trinajstić information content (AvgIpc) is 2.88. The lowest BCUT2D eigenvalue weighted by atomic mass is 10.2. The van der Waals surface area contributed by atoms with Crippen molar-refractivity contribution in [2.75, 3.05) is 19.3 Å². The first-order chi connectivity index (χ1) is 8.98. The van der Waals surface area contributed by atoms with Crippen LogP contribution in [0.4, 0.5) is 5.69 Å². The van der Waals surface area contributed by atoms with E-state index in [9.17, 15) is 13.2 Å². The van der Waals surface area contributed by atoms with Gasteiger partial charge in [-0.2, -0.15) is 4.31 Å². The minimum atomic E-state index is -3.73. The summed E-state index contributed by atoms with van der Waals surface area (Å²) < 4.78 is 26.3. The lowest BCUT2D eigenvalue weighted by molar-refractivity contribution is -0.123. The number of carbonyl (C=O) groups excluding carboxylic acids is 1. The molecule has 1 aliphatic heterocycles. The van der Waals surface area contributed by atoms with E-state index in [1.54, 1.807) is 12.1 Å². The molecule has 1 aromatic rings. The number of rotatable bonds is 3. The number of amides is 1. The van der Waals surface area contributed by atoms with Gasteiger partial charge in [-0.05, 0) is 25.0 Å². The van der Waals surface area contributed by atoms with Crippen LogP contribution in [0.2, 0.25) is 0 Å². The first-order valence-electron chi connectivity index (χ1n) is 6.06. The van der Waals surface area contributed by atoms with Gasteiger partial charge in [0.2, 0.25) is 15.9 Å². The number of sulfonamides is 1. The zero-order valence-corrected chi connectivity index (χ0v) is 11.5. The molecule has 7 heteroatoms. The molecule has 104 valence electrons. The lowest BCUT2D eigenvalue weighted by Gasteiger charge is -2.23. The molecule has 0 radical (unpaired) electrons. The molecule has 1 fully saturated rings. The Bertz CT molecular complexity index is 586. The normalized spacial score (nSPS) is 20.4. The van der Waals surface area contributed by atoms with E-state index in [2.05, 4.69) is 5.32 Å². The maximum Gasteiger partial charge on any atom is 0.245 e. The number of anilines is 1. The number of benzene rings is 1. The van der Waals surface area contributed by atoms with Gasteiger partial charge in [0, 0.05) is 13.6 Å². The second-order valence-electron chi connectivity index (χ2n) is 4.43. The van der Waals surface area contributed by atoms with Crippen molar-refractivity contribution in [3.8, 4) is 0 Å². The number of para-hydroxylation sites is 1. The van der Waals surface area contributed by atoms with Crippen LogP contribution in [0.3, 0.4) is 0 Å². The van der Waals surface area contributed by atoms with E-state index in [1.165, 1.54) is 23.5 Å². The van der Waals surface area contributed by atoms with Gasteiger partial charge in [0.1, 0.15) is 10.9 Å². The van der Waals surface area contributed by atoms with E-state index < -0.39 is 16.1 Å². The molecule has 0 saturated carbocycles. The van der Waals surface area contributed by atoms with Crippen LogP contribution >= 0.6 is 0 Å². The van der Waals surface area contributed by atoms with Crippen LogP contribution in [0.15, 0.2) is 29.2 Å². The smallest absolute Gasteiger partial charge is 0.245 e. The van der Waals surface area contributed by atoms with E-state index in [-0.39, 0.29) is 16.5 Å². The van der Waals surface area contributed by atoms with Crippen molar-refractivity contribution in [2.45, 2.75) is 23.8 Å². The number of hydrogen-bond acceptors (Lipinski definition) is 4. The maximum atomic E-state index is 12.6. The van der Waals surface area contributed by atoms with Crippen LogP contribution < -0.4 is 11.1 Å². The van der Waals surface area contributed by atoms with Gasteiger partial charge in [0.15, 0.2) is 0 Å². The molecule has 1 heterocycles. The quantitative estimate of drug-likeness (QED) is 0.773. The van der Waals surface area contributed by atoms with Crippen LogP contribution in [-0.4, -0.2) is 38.3 Å². The molecule has 0 bridgehead atoms. The molecule has 3 N–H and O–H groups in total. The van der Waals surface area contributed by atoms with Crippen molar-refractivity contribution in [1.29, 1.82) is 0 Å². The Labute approximate surface area is 112 Å². The summed E-state index contributed by atoms with van der Waals surface area (Å²) in [6, 6.07) is 5.65. The van der Waals surface area contributed by atoms with E-state index in [4.69, 9.17) is 5.73 Å². The molecule has 6 nitrogen and oxygen atoms in total. The molecule has 1 aliphatic rings. The van der Waals surface area contributed by atoms with E-state index in [0.717, 1.165) is 0 Å². The molecule has 1 aromatic carbocycles. The molecule has 0 aromatic heterocycles. The van der Waals surface area contributed by atoms with Gasteiger partial charge in [-0.15, -0.1) is 0 Å². The second kappa shape index (κ2) is 5.18. The molecule has 1 unspecified atom stereocenters. The summed E-state index contributed by atoms with van der Waals surface area (Å²) in [5.74, 6) is -0.282. The summed E-state index contributed by atoms with van der Waals surface area (Å²) in [5.41, 5.74) is 5.92. The minimum Gasteiger partial charge on any atom is -0.398 e. The lowest BCUT2D eigenvalue weighted by Crippen LogP contribution is -2.44. The first kappa shape index (κ1) is 13.8. The van der Waals surface area contributed by atoms with Crippen LogP contribution in [0.5, 0.6) is 0 Å². The topological polar surface area (TPSA) is 92.5 Å². The summed E-state index contributed by atoms with van der Waals surface area (Å²) in [6.07, 6.45) is 1.20. The number of nitrogens with zero attached hydrogens (tertiary/aromatic N) is 1. The number of likely N-dealkylation sites (N-methyl/N-ethyl adjacent to an activating group) is 1. The second-order valence-corrected chi connectivity index (χ2v) is 6.28. The summed E-state index contributed by atoms with van der Waals surface area (Å²) >= 11 is 0. The summed E-state index contributed by atoms with van der Waals surface area (Å²) in [7, 11) is -2.22. The fourth-order valence-corrected chi connectivity index (χ4v) is 4.07. The SMILES string of the molecule is CNC(=O)C1CCCN1S(=O)(=O)c1ccccc1N. The predicted molar refractivity (Wildman–Crippen MR) is 71.8 cm³/mol. The highest BCUT2D eigenvalue weighted by Gasteiger charge is 2.39. The molecule has 19 heavy (non-hydrogen) atoms. The third-order valence-corrected chi connectivity index (χ3v) is 5.24. The number of nitrogens with two attached hydrogens (primary N) is 1. The molecule has 0 aliphatic carbocycles. The maximum absolute atomic E-state index is 12.6. The van der Waals surface area contributed by atoms with Crippen LogP contribution in [0, 0.1) is 0 Å². The Morgan fingerprint density at radius 2 is 2.11 bits per heavy atom. The summed E-state index contributed by atoms with van der Waals surface area (Å²) in [4.78, 5) is 11.8. The van der Waals surface area contributed by atoms with Gasteiger partial charge >= 0.3 is 0 Å².